The van der Waals surface area contributed by atoms with E-state index < -0.39 is 10.0 Å². The number of rotatable bonds is 3. The van der Waals surface area contributed by atoms with Gasteiger partial charge in [0.05, 0.1) is 34.9 Å². The van der Waals surface area contributed by atoms with Crippen LogP contribution in [0.2, 0.25) is 5.02 Å². The number of aromatic nitrogens is 3. The van der Waals surface area contributed by atoms with E-state index >= 15 is 0 Å². The number of benzene rings is 1. The van der Waals surface area contributed by atoms with E-state index in [-0.39, 0.29) is 10.8 Å². The van der Waals surface area contributed by atoms with Crippen LogP contribution in [0.5, 0.6) is 5.75 Å². The molecule has 27 heavy (non-hydrogen) atoms. The monoisotopic (exact) mass is 407 g/mol. The summed E-state index contributed by atoms with van der Waals surface area (Å²) in [5, 5.41) is 15.4. The zero-order valence-corrected chi connectivity index (χ0v) is 16.2. The summed E-state index contributed by atoms with van der Waals surface area (Å²) in [7, 11) is -3.16. The minimum atomic E-state index is -3.16. The third-order valence-electron chi connectivity index (χ3n) is 4.65. The maximum absolute atomic E-state index is 11.6. The van der Waals surface area contributed by atoms with E-state index in [1.807, 2.05) is 6.07 Å². The molecule has 0 amide bonds. The molecule has 1 N–H and O–H groups in total. The second-order valence-corrected chi connectivity index (χ2v) is 8.83. The van der Waals surface area contributed by atoms with Gasteiger partial charge in [0.25, 0.3) is 0 Å². The predicted octanol–water partition coefficient (Wildman–Crippen LogP) is 1.86. The Hall–Kier alpha value is -2.36. The van der Waals surface area contributed by atoms with Gasteiger partial charge >= 0.3 is 0 Å². The lowest BCUT2D eigenvalue weighted by Crippen LogP contribution is -2.48. The summed E-state index contributed by atoms with van der Waals surface area (Å²) >= 11 is 5.87. The molecule has 0 radical (unpaired) electrons. The molecule has 10 heteroatoms. The molecule has 1 saturated heterocycles. The molecular formula is C17H18ClN5O3S. The van der Waals surface area contributed by atoms with Gasteiger partial charge in [-0.25, -0.2) is 18.1 Å². The fourth-order valence-corrected chi connectivity index (χ4v) is 4.12. The third-order valence-corrected chi connectivity index (χ3v) is 6.27. The Morgan fingerprint density at radius 1 is 1.11 bits per heavy atom. The molecule has 0 saturated carbocycles. The molecule has 1 fully saturated rings. The number of phenols is 1. The van der Waals surface area contributed by atoms with Gasteiger partial charge in [-0.3, -0.25) is 0 Å². The zero-order valence-electron chi connectivity index (χ0n) is 14.6. The Labute approximate surface area is 161 Å². The van der Waals surface area contributed by atoms with Crippen LogP contribution in [0.1, 0.15) is 0 Å². The van der Waals surface area contributed by atoms with Crippen molar-refractivity contribution < 1.29 is 13.5 Å². The third kappa shape index (κ3) is 3.45. The number of anilines is 1. The normalized spacial score (nSPS) is 16.1. The summed E-state index contributed by atoms with van der Waals surface area (Å²) in [4.78, 5) is 6.59. The number of phenolic OH excluding ortho intramolecular Hbond substituents is 1. The fraction of sp³-hybridized carbons (Fsp3) is 0.294. The Kier molecular flexibility index (Phi) is 4.45. The van der Waals surface area contributed by atoms with Crippen LogP contribution in [0, 0.1) is 0 Å². The van der Waals surface area contributed by atoms with Crippen molar-refractivity contribution in [1.82, 2.24) is 19.1 Å². The van der Waals surface area contributed by atoms with E-state index in [0.29, 0.717) is 31.9 Å². The molecule has 3 aromatic rings. The van der Waals surface area contributed by atoms with Crippen molar-refractivity contribution in [2.45, 2.75) is 0 Å². The molecule has 142 valence electrons. The highest BCUT2D eigenvalue weighted by molar-refractivity contribution is 7.88. The van der Waals surface area contributed by atoms with Gasteiger partial charge in [0.15, 0.2) is 0 Å². The van der Waals surface area contributed by atoms with Crippen LogP contribution < -0.4 is 4.90 Å². The number of pyridine rings is 1. The molecule has 8 nitrogen and oxygen atoms in total. The average Bonchev–Trinajstić information content (AvgIpc) is 3.06. The number of halogens is 1. The summed E-state index contributed by atoms with van der Waals surface area (Å²) in [6.45, 7) is 2.07. The van der Waals surface area contributed by atoms with Crippen LogP contribution in [0.15, 0.2) is 36.7 Å². The van der Waals surface area contributed by atoms with Crippen LogP contribution in [0.4, 0.5) is 5.82 Å². The molecule has 0 unspecified atom stereocenters. The van der Waals surface area contributed by atoms with Crippen molar-refractivity contribution in [3.05, 3.63) is 41.7 Å². The second-order valence-electron chi connectivity index (χ2n) is 6.44. The van der Waals surface area contributed by atoms with Crippen LogP contribution in [-0.4, -0.2) is 65.0 Å². The van der Waals surface area contributed by atoms with Gasteiger partial charge in [-0.2, -0.15) is 9.40 Å². The van der Waals surface area contributed by atoms with Crippen molar-refractivity contribution in [2.75, 3.05) is 37.3 Å². The largest absolute Gasteiger partial charge is 0.506 e. The minimum absolute atomic E-state index is 0.00820. The van der Waals surface area contributed by atoms with E-state index in [1.165, 1.54) is 10.6 Å². The van der Waals surface area contributed by atoms with Crippen LogP contribution in [0.3, 0.4) is 0 Å². The summed E-state index contributed by atoms with van der Waals surface area (Å²) in [6, 6.07) is 6.87. The number of hydrogen-bond donors (Lipinski definition) is 1. The molecule has 0 spiro atoms. The number of piperazine rings is 1. The number of aromatic hydroxyl groups is 1. The van der Waals surface area contributed by atoms with E-state index in [1.54, 1.807) is 35.3 Å². The standard InChI is InChI=1S/C17H18ClN5O3S/c1-27(25,26)22-6-4-21(5-7-22)17-8-12-10-20-23(15(12)11-19-17)13-2-3-14(18)16(24)9-13/h2-3,8-11,24H,4-7H2,1H3. The van der Waals surface area contributed by atoms with Gasteiger partial charge in [-0.1, -0.05) is 11.6 Å². The van der Waals surface area contributed by atoms with Crippen molar-refractivity contribution in [3.8, 4) is 11.4 Å². The topological polar surface area (TPSA) is 91.6 Å². The lowest BCUT2D eigenvalue weighted by atomic mass is 10.2. The molecule has 1 aliphatic heterocycles. The van der Waals surface area contributed by atoms with Crippen LogP contribution in [0.25, 0.3) is 16.6 Å². The van der Waals surface area contributed by atoms with Crippen molar-refractivity contribution in [1.29, 1.82) is 0 Å². The minimum Gasteiger partial charge on any atom is -0.506 e. The molecule has 0 aliphatic carbocycles. The summed E-state index contributed by atoms with van der Waals surface area (Å²) < 4.78 is 26.4. The first-order valence-corrected chi connectivity index (χ1v) is 10.6. The smallest absolute Gasteiger partial charge is 0.211 e. The van der Waals surface area contributed by atoms with Crippen LogP contribution in [-0.2, 0) is 10.0 Å². The lowest BCUT2D eigenvalue weighted by Gasteiger charge is -2.33. The van der Waals surface area contributed by atoms with Gasteiger partial charge in [-0.15, -0.1) is 0 Å². The van der Waals surface area contributed by atoms with Crippen molar-refractivity contribution in [3.63, 3.8) is 0 Å². The Morgan fingerprint density at radius 2 is 1.85 bits per heavy atom. The molecule has 3 heterocycles. The molecule has 1 aliphatic rings. The molecule has 0 atom stereocenters. The van der Waals surface area contributed by atoms with Crippen LogP contribution >= 0.6 is 11.6 Å². The Morgan fingerprint density at radius 3 is 2.52 bits per heavy atom. The lowest BCUT2D eigenvalue weighted by molar-refractivity contribution is 0.387. The van der Waals surface area contributed by atoms with Gasteiger partial charge in [0, 0.05) is 37.6 Å². The molecular weight excluding hydrogens is 390 g/mol. The highest BCUT2D eigenvalue weighted by Gasteiger charge is 2.24. The Bertz CT molecular complexity index is 1110. The van der Waals surface area contributed by atoms with E-state index in [2.05, 4.69) is 15.0 Å². The zero-order chi connectivity index (χ0) is 19.2. The first kappa shape index (κ1) is 18.0. The van der Waals surface area contributed by atoms with Crippen molar-refractivity contribution >= 4 is 38.3 Å². The van der Waals surface area contributed by atoms with E-state index in [0.717, 1.165) is 16.7 Å². The highest BCUT2D eigenvalue weighted by Crippen LogP contribution is 2.28. The SMILES string of the molecule is CS(=O)(=O)N1CCN(c2cc3cnn(-c4ccc(Cl)c(O)c4)c3cn2)CC1. The summed E-state index contributed by atoms with van der Waals surface area (Å²) in [5.41, 5.74) is 1.48. The summed E-state index contributed by atoms with van der Waals surface area (Å²) in [5.74, 6) is 0.778. The van der Waals surface area contributed by atoms with Crippen molar-refractivity contribution in [2.24, 2.45) is 0 Å². The van der Waals surface area contributed by atoms with Gasteiger partial charge in [0.2, 0.25) is 10.0 Å². The van der Waals surface area contributed by atoms with E-state index in [4.69, 9.17) is 11.6 Å². The average molecular weight is 408 g/mol. The molecule has 0 bridgehead atoms. The van der Waals surface area contributed by atoms with Gasteiger partial charge in [-0.05, 0) is 18.2 Å². The number of sulfonamides is 1. The summed E-state index contributed by atoms with van der Waals surface area (Å²) in [6.07, 6.45) is 4.70. The fourth-order valence-electron chi connectivity index (χ4n) is 3.17. The quantitative estimate of drug-likeness (QED) is 0.712. The predicted molar refractivity (Wildman–Crippen MR) is 104 cm³/mol. The Balaban J connectivity index is 1.60. The van der Waals surface area contributed by atoms with E-state index in [9.17, 15) is 13.5 Å². The second kappa shape index (κ2) is 6.66. The molecule has 1 aromatic carbocycles. The molecule has 2 aromatic heterocycles. The maximum Gasteiger partial charge on any atom is 0.211 e. The van der Waals surface area contributed by atoms with Gasteiger partial charge < -0.3 is 10.0 Å². The number of nitrogens with zero attached hydrogens (tertiary/aromatic N) is 5. The number of fused-ring (bicyclic) bond motifs is 1. The first-order valence-electron chi connectivity index (χ1n) is 8.36. The highest BCUT2D eigenvalue weighted by atomic mass is 35.5. The number of hydrogen-bond acceptors (Lipinski definition) is 6. The van der Waals surface area contributed by atoms with Gasteiger partial charge in [0.1, 0.15) is 11.6 Å². The first-order chi connectivity index (χ1) is 12.8. The molecule has 4 rings (SSSR count). The maximum atomic E-state index is 11.6.